The van der Waals surface area contributed by atoms with Crippen LogP contribution in [0.3, 0.4) is 0 Å². The molecule has 0 saturated heterocycles. The van der Waals surface area contributed by atoms with Crippen LogP contribution in [0, 0.1) is 5.82 Å². The van der Waals surface area contributed by atoms with Crippen molar-refractivity contribution >= 4 is 17.3 Å². The number of benzene rings is 2. The number of anilines is 1. The largest absolute Gasteiger partial charge is 0.398 e. The van der Waals surface area contributed by atoms with Crippen LogP contribution < -0.4 is 5.73 Å². The standard InChI is InChI=1S/C14H13ClFNO/c15-12-4-2-1-3-9(12)7-14(18)11-8-10(16)5-6-13(11)17/h1-6,8,14,18H,7,17H2. The van der Waals surface area contributed by atoms with Gasteiger partial charge in [-0.3, -0.25) is 0 Å². The highest BCUT2D eigenvalue weighted by atomic mass is 35.5. The second-order valence-corrected chi connectivity index (χ2v) is 4.49. The minimum Gasteiger partial charge on any atom is -0.398 e. The number of nitrogen functional groups attached to an aromatic ring is 1. The van der Waals surface area contributed by atoms with Gasteiger partial charge in [0, 0.05) is 22.7 Å². The van der Waals surface area contributed by atoms with Crippen LogP contribution in [0.25, 0.3) is 0 Å². The Hall–Kier alpha value is -1.58. The normalized spacial score (nSPS) is 12.4. The third kappa shape index (κ3) is 2.81. The van der Waals surface area contributed by atoms with Crippen molar-refractivity contribution < 1.29 is 9.50 Å². The third-order valence-electron chi connectivity index (χ3n) is 2.78. The van der Waals surface area contributed by atoms with Gasteiger partial charge in [0.2, 0.25) is 0 Å². The summed E-state index contributed by atoms with van der Waals surface area (Å²) in [4.78, 5) is 0. The van der Waals surface area contributed by atoms with Gasteiger partial charge in [-0.15, -0.1) is 0 Å². The molecule has 0 heterocycles. The van der Waals surface area contributed by atoms with E-state index in [0.717, 1.165) is 5.56 Å². The van der Waals surface area contributed by atoms with Crippen LogP contribution >= 0.6 is 11.6 Å². The molecule has 2 aromatic carbocycles. The van der Waals surface area contributed by atoms with Crippen LogP contribution in [0.1, 0.15) is 17.2 Å². The van der Waals surface area contributed by atoms with Gasteiger partial charge in [-0.05, 0) is 29.8 Å². The van der Waals surface area contributed by atoms with Crippen molar-refractivity contribution in [3.63, 3.8) is 0 Å². The molecule has 0 fully saturated rings. The Kier molecular flexibility index (Phi) is 3.84. The lowest BCUT2D eigenvalue weighted by atomic mass is 10.00. The minimum atomic E-state index is -0.874. The van der Waals surface area contributed by atoms with Crippen LogP contribution in [-0.2, 0) is 6.42 Å². The van der Waals surface area contributed by atoms with Crippen LogP contribution in [0.15, 0.2) is 42.5 Å². The molecule has 1 atom stereocenters. The quantitative estimate of drug-likeness (QED) is 0.836. The minimum absolute atomic E-state index is 0.299. The number of rotatable bonds is 3. The number of nitrogens with two attached hydrogens (primary N) is 1. The van der Waals surface area contributed by atoms with E-state index in [1.807, 2.05) is 18.2 Å². The average Bonchev–Trinajstić information content (AvgIpc) is 2.35. The zero-order valence-corrected chi connectivity index (χ0v) is 10.4. The summed E-state index contributed by atoms with van der Waals surface area (Å²) in [6.07, 6.45) is -0.576. The SMILES string of the molecule is Nc1ccc(F)cc1C(O)Cc1ccccc1Cl. The van der Waals surface area contributed by atoms with Gasteiger partial charge in [0.1, 0.15) is 5.82 Å². The molecule has 0 radical (unpaired) electrons. The van der Waals surface area contributed by atoms with Gasteiger partial charge in [0.25, 0.3) is 0 Å². The van der Waals surface area contributed by atoms with Crippen molar-refractivity contribution in [1.82, 2.24) is 0 Å². The Morgan fingerprint density at radius 1 is 1.22 bits per heavy atom. The first-order valence-electron chi connectivity index (χ1n) is 5.54. The van der Waals surface area contributed by atoms with Crippen molar-refractivity contribution in [2.45, 2.75) is 12.5 Å². The molecule has 2 rings (SSSR count). The fourth-order valence-electron chi connectivity index (χ4n) is 1.82. The van der Waals surface area contributed by atoms with E-state index in [1.165, 1.54) is 18.2 Å². The molecule has 0 aliphatic heterocycles. The molecule has 0 saturated carbocycles. The van der Waals surface area contributed by atoms with E-state index in [9.17, 15) is 9.50 Å². The van der Waals surface area contributed by atoms with Crippen molar-refractivity contribution in [2.75, 3.05) is 5.73 Å². The van der Waals surface area contributed by atoms with Gasteiger partial charge < -0.3 is 10.8 Å². The van der Waals surface area contributed by atoms with Crippen LogP contribution in [0.4, 0.5) is 10.1 Å². The first-order valence-corrected chi connectivity index (χ1v) is 5.92. The smallest absolute Gasteiger partial charge is 0.123 e. The summed E-state index contributed by atoms with van der Waals surface area (Å²) in [6.45, 7) is 0. The molecular weight excluding hydrogens is 253 g/mol. The Bertz CT molecular complexity index is 559. The molecule has 0 bridgehead atoms. The topological polar surface area (TPSA) is 46.2 Å². The van der Waals surface area contributed by atoms with Gasteiger partial charge in [0.05, 0.1) is 6.10 Å². The Morgan fingerprint density at radius 3 is 2.67 bits per heavy atom. The average molecular weight is 266 g/mol. The first kappa shape index (κ1) is 12.9. The molecule has 0 spiro atoms. The predicted molar refractivity (Wildman–Crippen MR) is 70.9 cm³/mol. The number of hydrogen-bond donors (Lipinski definition) is 2. The summed E-state index contributed by atoms with van der Waals surface area (Å²) in [5, 5.41) is 10.7. The number of hydrogen-bond acceptors (Lipinski definition) is 2. The van der Waals surface area contributed by atoms with E-state index in [0.29, 0.717) is 22.7 Å². The molecular formula is C14H13ClFNO. The number of aliphatic hydroxyl groups is 1. The lowest BCUT2D eigenvalue weighted by molar-refractivity contribution is 0.179. The molecule has 0 aliphatic rings. The monoisotopic (exact) mass is 265 g/mol. The van der Waals surface area contributed by atoms with E-state index in [-0.39, 0.29) is 0 Å². The maximum Gasteiger partial charge on any atom is 0.123 e. The van der Waals surface area contributed by atoms with Gasteiger partial charge in [-0.1, -0.05) is 29.8 Å². The van der Waals surface area contributed by atoms with Crippen molar-refractivity contribution in [3.05, 3.63) is 64.4 Å². The number of halogens is 2. The highest BCUT2D eigenvalue weighted by Gasteiger charge is 2.14. The first-order chi connectivity index (χ1) is 8.58. The lowest BCUT2D eigenvalue weighted by Crippen LogP contribution is -2.06. The Labute approximate surface area is 110 Å². The van der Waals surface area contributed by atoms with Crippen LogP contribution in [-0.4, -0.2) is 5.11 Å². The van der Waals surface area contributed by atoms with E-state index in [4.69, 9.17) is 17.3 Å². The molecule has 0 amide bonds. The molecule has 94 valence electrons. The summed E-state index contributed by atoms with van der Waals surface area (Å²) in [5.74, 6) is -0.419. The number of aliphatic hydroxyl groups excluding tert-OH is 1. The molecule has 2 aromatic rings. The fraction of sp³-hybridized carbons (Fsp3) is 0.143. The third-order valence-corrected chi connectivity index (χ3v) is 3.15. The molecule has 18 heavy (non-hydrogen) atoms. The second kappa shape index (κ2) is 5.38. The van der Waals surface area contributed by atoms with Gasteiger partial charge in [0.15, 0.2) is 0 Å². The van der Waals surface area contributed by atoms with Crippen LogP contribution in [0.5, 0.6) is 0 Å². The Morgan fingerprint density at radius 2 is 1.94 bits per heavy atom. The Balaban J connectivity index is 2.25. The zero-order valence-electron chi connectivity index (χ0n) is 9.61. The molecule has 3 N–H and O–H groups in total. The summed E-state index contributed by atoms with van der Waals surface area (Å²) in [5.41, 5.74) is 7.28. The maximum atomic E-state index is 13.1. The lowest BCUT2D eigenvalue weighted by Gasteiger charge is -2.14. The van der Waals surface area contributed by atoms with E-state index in [1.54, 1.807) is 6.07 Å². The van der Waals surface area contributed by atoms with Gasteiger partial charge in [-0.25, -0.2) is 4.39 Å². The van der Waals surface area contributed by atoms with E-state index >= 15 is 0 Å². The second-order valence-electron chi connectivity index (χ2n) is 4.08. The zero-order chi connectivity index (χ0) is 13.1. The fourth-order valence-corrected chi connectivity index (χ4v) is 2.03. The highest BCUT2D eigenvalue weighted by Crippen LogP contribution is 2.27. The van der Waals surface area contributed by atoms with Crippen molar-refractivity contribution in [3.8, 4) is 0 Å². The van der Waals surface area contributed by atoms with Crippen molar-refractivity contribution in [1.29, 1.82) is 0 Å². The molecule has 4 heteroatoms. The molecule has 2 nitrogen and oxygen atoms in total. The predicted octanol–water partition coefficient (Wildman–Crippen LogP) is 3.34. The van der Waals surface area contributed by atoms with Gasteiger partial charge in [-0.2, -0.15) is 0 Å². The van der Waals surface area contributed by atoms with Crippen LogP contribution in [0.2, 0.25) is 5.02 Å². The molecule has 0 aromatic heterocycles. The summed E-state index contributed by atoms with van der Waals surface area (Å²) in [7, 11) is 0. The summed E-state index contributed by atoms with van der Waals surface area (Å²) in [6, 6.07) is 11.2. The van der Waals surface area contributed by atoms with Gasteiger partial charge >= 0.3 is 0 Å². The summed E-state index contributed by atoms with van der Waals surface area (Å²) >= 11 is 6.01. The van der Waals surface area contributed by atoms with E-state index < -0.39 is 11.9 Å². The maximum absolute atomic E-state index is 13.1. The molecule has 0 aliphatic carbocycles. The molecule has 1 unspecified atom stereocenters. The highest BCUT2D eigenvalue weighted by molar-refractivity contribution is 6.31. The van der Waals surface area contributed by atoms with Crippen molar-refractivity contribution in [2.24, 2.45) is 0 Å². The summed E-state index contributed by atoms with van der Waals surface area (Å²) < 4.78 is 13.1. The van der Waals surface area contributed by atoms with E-state index in [2.05, 4.69) is 0 Å².